The van der Waals surface area contributed by atoms with Gasteiger partial charge in [-0.15, -0.1) is 0 Å². The fourth-order valence-corrected chi connectivity index (χ4v) is 1.64. The van der Waals surface area contributed by atoms with Crippen LogP contribution in [-0.4, -0.2) is 69.3 Å². The maximum Gasteiger partial charge on any atom is 0.321 e. The molecule has 0 bridgehead atoms. The van der Waals surface area contributed by atoms with Gasteiger partial charge in [-0.2, -0.15) is 0 Å². The third kappa shape index (κ3) is 5.44. The maximum absolute atomic E-state index is 11.5. The Labute approximate surface area is 107 Å². The molecule has 7 nitrogen and oxygen atoms in total. The third-order valence-electron chi connectivity index (χ3n) is 2.84. The predicted molar refractivity (Wildman–Crippen MR) is 67.3 cm³/mol. The molecule has 1 atom stereocenters. The van der Waals surface area contributed by atoms with Gasteiger partial charge in [0.2, 0.25) is 5.91 Å². The fourth-order valence-electron chi connectivity index (χ4n) is 1.64. The number of hydrogen-bond donors (Lipinski definition) is 3. The Bertz CT molecular complexity index is 279. The highest BCUT2D eigenvalue weighted by molar-refractivity contribution is 5.96. The summed E-state index contributed by atoms with van der Waals surface area (Å²) >= 11 is 0. The van der Waals surface area contributed by atoms with Crippen LogP contribution >= 0.6 is 0 Å². The lowest BCUT2D eigenvalue weighted by atomic mass is 10.3. The minimum atomic E-state index is -0.484. The molecule has 3 N–H and O–H groups in total. The van der Waals surface area contributed by atoms with Crippen molar-refractivity contribution in [2.24, 2.45) is 0 Å². The first-order valence-electron chi connectivity index (χ1n) is 6.19. The van der Waals surface area contributed by atoms with Gasteiger partial charge in [-0.05, 0) is 6.92 Å². The number of amides is 3. The van der Waals surface area contributed by atoms with Crippen LogP contribution in [0.5, 0.6) is 0 Å². The van der Waals surface area contributed by atoms with Gasteiger partial charge in [0.25, 0.3) is 0 Å². The molecule has 1 unspecified atom stereocenters. The number of rotatable bonds is 5. The van der Waals surface area contributed by atoms with Crippen molar-refractivity contribution in [1.29, 1.82) is 0 Å². The van der Waals surface area contributed by atoms with E-state index in [0.717, 1.165) is 32.8 Å². The molecule has 0 spiro atoms. The van der Waals surface area contributed by atoms with Gasteiger partial charge in [0.05, 0.1) is 19.3 Å². The number of nitrogens with one attached hydrogen (secondary N) is 3. The second-order valence-corrected chi connectivity index (χ2v) is 4.20. The standard InChI is InChI=1S/C11H22N4O3/c1-9(10(16)14-11(17)12-2)13-3-4-15-5-7-18-8-6-15/h9,13H,3-8H2,1-2H3,(H2,12,14,16,17). The quantitative estimate of drug-likeness (QED) is 0.574. The second-order valence-electron chi connectivity index (χ2n) is 4.20. The molecular weight excluding hydrogens is 236 g/mol. The van der Waals surface area contributed by atoms with Crippen LogP contribution in [0.2, 0.25) is 0 Å². The van der Waals surface area contributed by atoms with Crippen molar-refractivity contribution >= 4 is 11.9 Å². The van der Waals surface area contributed by atoms with Crippen LogP contribution in [0.1, 0.15) is 6.92 Å². The first-order chi connectivity index (χ1) is 8.63. The highest BCUT2D eigenvalue weighted by Gasteiger charge is 2.15. The van der Waals surface area contributed by atoms with E-state index in [2.05, 4.69) is 20.9 Å². The van der Waals surface area contributed by atoms with E-state index in [1.165, 1.54) is 7.05 Å². The number of imide groups is 1. The van der Waals surface area contributed by atoms with Gasteiger partial charge in [-0.1, -0.05) is 0 Å². The summed E-state index contributed by atoms with van der Waals surface area (Å²) in [4.78, 5) is 24.8. The van der Waals surface area contributed by atoms with Crippen LogP contribution in [-0.2, 0) is 9.53 Å². The topological polar surface area (TPSA) is 82.7 Å². The monoisotopic (exact) mass is 258 g/mol. The van der Waals surface area contributed by atoms with Crippen molar-refractivity contribution in [3.63, 3.8) is 0 Å². The van der Waals surface area contributed by atoms with Gasteiger partial charge < -0.3 is 15.4 Å². The molecule has 1 rings (SSSR count). The smallest absolute Gasteiger partial charge is 0.321 e. The fraction of sp³-hybridized carbons (Fsp3) is 0.818. The van der Waals surface area contributed by atoms with Crippen LogP contribution in [0.15, 0.2) is 0 Å². The lowest BCUT2D eigenvalue weighted by Gasteiger charge is -2.27. The number of hydrogen-bond acceptors (Lipinski definition) is 5. The Morgan fingerprint density at radius 2 is 2.00 bits per heavy atom. The zero-order valence-corrected chi connectivity index (χ0v) is 11.0. The van der Waals surface area contributed by atoms with Crippen LogP contribution < -0.4 is 16.0 Å². The van der Waals surface area contributed by atoms with Gasteiger partial charge in [-0.25, -0.2) is 4.79 Å². The van der Waals surface area contributed by atoms with Crippen LogP contribution in [0.25, 0.3) is 0 Å². The Kier molecular flexibility index (Phi) is 6.63. The van der Waals surface area contributed by atoms with Crippen molar-refractivity contribution in [3.05, 3.63) is 0 Å². The molecule has 3 amide bonds. The molecule has 1 aliphatic rings. The highest BCUT2D eigenvalue weighted by atomic mass is 16.5. The minimum absolute atomic E-state index is 0.323. The summed E-state index contributed by atoms with van der Waals surface area (Å²) in [5, 5.41) is 7.66. The Balaban J connectivity index is 2.13. The summed E-state index contributed by atoms with van der Waals surface area (Å²) < 4.78 is 5.25. The molecule has 1 aliphatic heterocycles. The lowest BCUT2D eigenvalue weighted by molar-refractivity contribution is -0.121. The summed E-state index contributed by atoms with van der Waals surface area (Å²) in [6.07, 6.45) is 0. The zero-order valence-electron chi connectivity index (χ0n) is 11.0. The average Bonchev–Trinajstić information content (AvgIpc) is 2.39. The minimum Gasteiger partial charge on any atom is -0.379 e. The van der Waals surface area contributed by atoms with Crippen molar-refractivity contribution in [2.45, 2.75) is 13.0 Å². The van der Waals surface area contributed by atoms with Crippen molar-refractivity contribution in [1.82, 2.24) is 20.9 Å². The van der Waals surface area contributed by atoms with Crippen LogP contribution in [0.3, 0.4) is 0 Å². The van der Waals surface area contributed by atoms with Crippen LogP contribution in [0.4, 0.5) is 4.79 Å². The summed E-state index contributed by atoms with van der Waals surface area (Å²) in [6, 6.07) is -0.870. The normalized spacial score (nSPS) is 18.1. The number of urea groups is 1. The molecule has 1 heterocycles. The molecule has 1 saturated heterocycles. The molecule has 0 aromatic heterocycles. The Hall–Kier alpha value is -1.18. The van der Waals surface area contributed by atoms with E-state index >= 15 is 0 Å². The maximum atomic E-state index is 11.5. The summed E-state index contributed by atoms with van der Waals surface area (Å²) in [5.41, 5.74) is 0. The molecule has 7 heteroatoms. The molecule has 104 valence electrons. The Morgan fingerprint density at radius 1 is 1.33 bits per heavy atom. The number of nitrogens with zero attached hydrogens (tertiary/aromatic N) is 1. The van der Waals surface area contributed by atoms with E-state index in [-0.39, 0.29) is 11.9 Å². The summed E-state index contributed by atoms with van der Waals surface area (Å²) in [7, 11) is 1.47. The van der Waals surface area contributed by atoms with E-state index in [4.69, 9.17) is 4.74 Å². The van der Waals surface area contributed by atoms with E-state index in [1.807, 2.05) is 0 Å². The number of ether oxygens (including phenoxy) is 1. The van der Waals surface area contributed by atoms with E-state index in [0.29, 0.717) is 6.54 Å². The van der Waals surface area contributed by atoms with Crippen molar-refractivity contribution in [2.75, 3.05) is 46.4 Å². The molecular formula is C11H22N4O3. The van der Waals surface area contributed by atoms with Gasteiger partial charge in [-0.3, -0.25) is 15.0 Å². The van der Waals surface area contributed by atoms with Crippen molar-refractivity contribution in [3.8, 4) is 0 Å². The second kappa shape index (κ2) is 8.02. The van der Waals surface area contributed by atoms with E-state index in [1.54, 1.807) is 6.92 Å². The number of carbonyl (C=O) groups is 2. The zero-order chi connectivity index (χ0) is 13.4. The summed E-state index contributed by atoms with van der Waals surface area (Å²) in [6.45, 7) is 6.72. The SMILES string of the molecule is CNC(=O)NC(=O)C(C)NCCN1CCOCC1. The third-order valence-corrected chi connectivity index (χ3v) is 2.84. The van der Waals surface area contributed by atoms with Gasteiger partial charge in [0, 0.05) is 33.2 Å². The predicted octanol–water partition coefficient (Wildman–Crippen LogP) is -1.25. The van der Waals surface area contributed by atoms with Crippen LogP contribution in [0, 0.1) is 0 Å². The van der Waals surface area contributed by atoms with E-state index in [9.17, 15) is 9.59 Å². The van der Waals surface area contributed by atoms with Crippen molar-refractivity contribution < 1.29 is 14.3 Å². The molecule has 1 fully saturated rings. The number of morpholine rings is 1. The van der Waals surface area contributed by atoms with Gasteiger partial charge in [0.1, 0.15) is 0 Å². The van der Waals surface area contributed by atoms with Gasteiger partial charge in [0.15, 0.2) is 0 Å². The molecule has 0 saturated carbocycles. The summed E-state index contributed by atoms with van der Waals surface area (Å²) in [5.74, 6) is -0.323. The molecule has 0 aromatic carbocycles. The highest BCUT2D eigenvalue weighted by Crippen LogP contribution is 1.95. The first kappa shape index (κ1) is 14.9. The molecule has 18 heavy (non-hydrogen) atoms. The first-order valence-corrected chi connectivity index (χ1v) is 6.19. The largest absolute Gasteiger partial charge is 0.379 e. The molecule has 0 aliphatic carbocycles. The lowest BCUT2D eigenvalue weighted by Crippen LogP contribution is -2.49. The Morgan fingerprint density at radius 3 is 2.61 bits per heavy atom. The van der Waals surface area contributed by atoms with Gasteiger partial charge >= 0.3 is 6.03 Å². The van der Waals surface area contributed by atoms with E-state index < -0.39 is 6.03 Å². The number of carbonyl (C=O) groups excluding carboxylic acids is 2. The molecule has 0 aromatic rings. The average molecular weight is 258 g/mol. The molecule has 0 radical (unpaired) electrons.